The number of rotatable bonds is 9. The number of carbonyl (C=O) groups excluding carboxylic acids is 2. The standard InChI is InChI=1S/C29H35NO7/c1-18(2)14-19(15-27(32)37-29(3,4)5)28(33)36-25-16-20(12-13-24(25)34-7)30(6)22-17-26(31)35-23-11-9-8-10-21(22)23/h8-13,16-19H,14-15H2,1-7H3. The van der Waals surface area contributed by atoms with Crippen molar-refractivity contribution in [2.75, 3.05) is 19.1 Å². The van der Waals surface area contributed by atoms with Gasteiger partial charge in [0, 0.05) is 30.3 Å². The van der Waals surface area contributed by atoms with E-state index in [9.17, 15) is 14.4 Å². The monoisotopic (exact) mass is 509 g/mol. The summed E-state index contributed by atoms with van der Waals surface area (Å²) in [5.74, 6) is -0.930. The Morgan fingerprint density at radius 2 is 1.73 bits per heavy atom. The third-order valence-corrected chi connectivity index (χ3v) is 5.66. The Balaban J connectivity index is 1.91. The molecule has 3 rings (SSSR count). The molecule has 0 aliphatic heterocycles. The van der Waals surface area contributed by atoms with Gasteiger partial charge in [0.1, 0.15) is 11.2 Å². The summed E-state index contributed by atoms with van der Waals surface area (Å²) in [4.78, 5) is 39.7. The fourth-order valence-corrected chi connectivity index (χ4v) is 4.07. The van der Waals surface area contributed by atoms with E-state index in [1.165, 1.54) is 13.2 Å². The highest BCUT2D eigenvalue weighted by Crippen LogP contribution is 2.36. The minimum atomic E-state index is -0.677. The second-order valence-corrected chi connectivity index (χ2v) is 10.4. The predicted molar refractivity (Wildman–Crippen MR) is 143 cm³/mol. The highest BCUT2D eigenvalue weighted by atomic mass is 16.6. The molecule has 0 radical (unpaired) electrons. The fraction of sp³-hybridized carbons (Fsp3) is 0.414. The predicted octanol–water partition coefficient (Wildman–Crippen LogP) is 5.87. The third kappa shape index (κ3) is 7.35. The molecule has 0 N–H and O–H groups in total. The quantitative estimate of drug-likeness (QED) is 0.201. The molecular formula is C29H35NO7. The molecule has 0 bridgehead atoms. The van der Waals surface area contributed by atoms with E-state index in [1.54, 1.807) is 58.2 Å². The number of fused-ring (bicyclic) bond motifs is 1. The molecule has 2 aromatic carbocycles. The summed E-state index contributed by atoms with van der Waals surface area (Å²) in [6, 6.07) is 13.8. The lowest BCUT2D eigenvalue weighted by atomic mass is 9.94. The average Bonchev–Trinajstić information content (AvgIpc) is 2.81. The van der Waals surface area contributed by atoms with Crippen LogP contribution in [0.25, 0.3) is 11.0 Å². The fourth-order valence-electron chi connectivity index (χ4n) is 4.07. The summed E-state index contributed by atoms with van der Waals surface area (Å²) in [7, 11) is 3.29. The third-order valence-electron chi connectivity index (χ3n) is 5.66. The minimum Gasteiger partial charge on any atom is -0.493 e. The molecule has 0 saturated heterocycles. The Labute approximate surface area is 217 Å². The van der Waals surface area contributed by atoms with Crippen molar-refractivity contribution in [1.82, 2.24) is 0 Å². The van der Waals surface area contributed by atoms with Crippen molar-refractivity contribution in [3.05, 3.63) is 59.0 Å². The number of carbonyl (C=O) groups is 2. The van der Waals surface area contributed by atoms with Crippen LogP contribution in [0, 0.1) is 11.8 Å². The van der Waals surface area contributed by atoms with Gasteiger partial charge in [0.2, 0.25) is 0 Å². The molecule has 1 aromatic heterocycles. The molecular weight excluding hydrogens is 474 g/mol. The molecule has 0 aliphatic carbocycles. The van der Waals surface area contributed by atoms with Crippen molar-refractivity contribution >= 4 is 34.3 Å². The summed E-state index contributed by atoms with van der Waals surface area (Å²) in [5, 5.41) is 0.758. The zero-order chi connectivity index (χ0) is 27.3. The van der Waals surface area contributed by atoms with Crippen LogP contribution in [0.3, 0.4) is 0 Å². The molecule has 198 valence electrons. The first-order chi connectivity index (χ1) is 17.4. The lowest BCUT2D eigenvalue weighted by Gasteiger charge is -2.24. The molecule has 0 amide bonds. The maximum Gasteiger partial charge on any atom is 0.338 e. The van der Waals surface area contributed by atoms with Crippen LogP contribution in [0.15, 0.2) is 57.7 Å². The summed E-state index contributed by atoms with van der Waals surface area (Å²) < 4.78 is 22.0. The average molecular weight is 510 g/mol. The first kappa shape index (κ1) is 27.8. The second kappa shape index (κ2) is 11.5. The summed E-state index contributed by atoms with van der Waals surface area (Å²) in [6.45, 7) is 9.31. The van der Waals surface area contributed by atoms with Crippen molar-refractivity contribution < 1.29 is 28.2 Å². The normalized spacial score (nSPS) is 12.3. The van der Waals surface area contributed by atoms with Gasteiger partial charge in [0.05, 0.1) is 25.1 Å². The number of ether oxygens (including phenoxy) is 3. The Kier molecular flexibility index (Phi) is 8.63. The highest BCUT2D eigenvalue weighted by Gasteiger charge is 2.29. The molecule has 1 atom stereocenters. The lowest BCUT2D eigenvalue weighted by Crippen LogP contribution is -2.29. The molecule has 1 unspecified atom stereocenters. The summed E-state index contributed by atoms with van der Waals surface area (Å²) >= 11 is 0. The van der Waals surface area contributed by atoms with Crippen molar-refractivity contribution in [1.29, 1.82) is 0 Å². The smallest absolute Gasteiger partial charge is 0.338 e. The van der Waals surface area contributed by atoms with Gasteiger partial charge in [-0.2, -0.15) is 0 Å². The van der Waals surface area contributed by atoms with Gasteiger partial charge in [-0.05, 0) is 57.4 Å². The van der Waals surface area contributed by atoms with Crippen LogP contribution in [0.4, 0.5) is 11.4 Å². The van der Waals surface area contributed by atoms with Crippen molar-refractivity contribution in [2.45, 2.75) is 53.1 Å². The molecule has 0 saturated carbocycles. The van der Waals surface area contributed by atoms with Crippen LogP contribution < -0.4 is 20.0 Å². The van der Waals surface area contributed by atoms with E-state index in [-0.39, 0.29) is 18.1 Å². The number of benzene rings is 2. The molecule has 0 aliphatic rings. The minimum absolute atomic E-state index is 0.0814. The first-order valence-electron chi connectivity index (χ1n) is 12.3. The molecule has 1 heterocycles. The van der Waals surface area contributed by atoms with Gasteiger partial charge in [-0.25, -0.2) is 4.79 Å². The molecule has 0 spiro atoms. The van der Waals surface area contributed by atoms with Gasteiger partial charge >= 0.3 is 17.6 Å². The Morgan fingerprint density at radius 1 is 1.03 bits per heavy atom. The molecule has 0 fully saturated rings. The van der Waals surface area contributed by atoms with E-state index in [0.717, 1.165) is 5.39 Å². The van der Waals surface area contributed by atoms with E-state index in [2.05, 4.69) is 0 Å². The number of anilines is 2. The van der Waals surface area contributed by atoms with Gasteiger partial charge in [0.25, 0.3) is 0 Å². The van der Waals surface area contributed by atoms with E-state index in [0.29, 0.717) is 29.1 Å². The van der Waals surface area contributed by atoms with Crippen LogP contribution in [0.1, 0.15) is 47.5 Å². The van der Waals surface area contributed by atoms with E-state index < -0.39 is 29.1 Å². The summed E-state index contributed by atoms with van der Waals surface area (Å²) in [5.41, 5.74) is 0.642. The van der Waals surface area contributed by atoms with E-state index >= 15 is 0 Å². The number of esters is 2. The topological polar surface area (TPSA) is 95.3 Å². The SMILES string of the molecule is COc1ccc(N(C)c2cc(=O)oc3ccccc23)cc1OC(=O)C(CC(=O)OC(C)(C)C)CC(C)C. The number of para-hydroxylation sites is 1. The van der Waals surface area contributed by atoms with Crippen molar-refractivity contribution in [3.8, 4) is 11.5 Å². The van der Waals surface area contributed by atoms with Crippen molar-refractivity contribution in [2.24, 2.45) is 11.8 Å². The Morgan fingerprint density at radius 3 is 2.38 bits per heavy atom. The van der Waals surface area contributed by atoms with Crippen LogP contribution in [-0.2, 0) is 14.3 Å². The van der Waals surface area contributed by atoms with Gasteiger partial charge in [-0.1, -0.05) is 26.0 Å². The number of methoxy groups -OCH3 is 1. The largest absolute Gasteiger partial charge is 0.493 e. The van der Waals surface area contributed by atoms with Gasteiger partial charge in [-0.15, -0.1) is 0 Å². The zero-order valence-electron chi connectivity index (χ0n) is 22.5. The van der Waals surface area contributed by atoms with Crippen LogP contribution >= 0.6 is 0 Å². The molecule has 8 nitrogen and oxygen atoms in total. The second-order valence-electron chi connectivity index (χ2n) is 10.4. The van der Waals surface area contributed by atoms with Crippen LogP contribution in [-0.4, -0.2) is 31.7 Å². The van der Waals surface area contributed by atoms with Crippen LogP contribution in [0.2, 0.25) is 0 Å². The maximum absolute atomic E-state index is 13.2. The first-order valence-corrected chi connectivity index (χ1v) is 12.3. The summed E-state index contributed by atoms with van der Waals surface area (Å²) in [6.07, 6.45) is 0.383. The number of hydrogen-bond donors (Lipinski definition) is 0. The van der Waals surface area contributed by atoms with Gasteiger partial charge in [0.15, 0.2) is 11.5 Å². The zero-order valence-corrected chi connectivity index (χ0v) is 22.5. The lowest BCUT2D eigenvalue weighted by molar-refractivity contribution is -0.159. The molecule has 37 heavy (non-hydrogen) atoms. The molecule has 3 aromatic rings. The van der Waals surface area contributed by atoms with E-state index in [1.807, 2.05) is 30.9 Å². The number of nitrogens with zero attached hydrogens (tertiary/aromatic N) is 1. The number of hydrogen-bond acceptors (Lipinski definition) is 8. The molecule has 8 heteroatoms. The Bertz CT molecular complexity index is 1320. The van der Waals surface area contributed by atoms with E-state index in [4.69, 9.17) is 18.6 Å². The highest BCUT2D eigenvalue weighted by molar-refractivity contribution is 5.92. The maximum atomic E-state index is 13.2. The van der Waals surface area contributed by atoms with Crippen LogP contribution in [0.5, 0.6) is 11.5 Å². The van der Waals surface area contributed by atoms with Gasteiger partial charge < -0.3 is 23.5 Å². The van der Waals surface area contributed by atoms with Crippen molar-refractivity contribution in [3.63, 3.8) is 0 Å². The Hall–Kier alpha value is -3.81. The van der Waals surface area contributed by atoms with Gasteiger partial charge in [-0.3, -0.25) is 9.59 Å².